The number of hydrogen-bond donors (Lipinski definition) is 0. The Morgan fingerprint density at radius 2 is 1.70 bits per heavy atom. The maximum atomic E-state index is 14.5. The second-order valence-electron chi connectivity index (χ2n) is 7.52. The minimum atomic E-state index is -0.596. The zero-order chi connectivity index (χ0) is 19.5. The van der Waals surface area contributed by atoms with Gasteiger partial charge in [-0.1, -0.05) is 26.0 Å². The number of aromatic nitrogens is 1. The third-order valence-electron chi connectivity index (χ3n) is 5.34. The van der Waals surface area contributed by atoms with Crippen LogP contribution in [0, 0.1) is 25.5 Å². The van der Waals surface area contributed by atoms with Gasteiger partial charge in [0.05, 0.1) is 10.9 Å². The van der Waals surface area contributed by atoms with E-state index in [0.29, 0.717) is 27.8 Å². The predicted molar refractivity (Wildman–Crippen MR) is 104 cm³/mol. The van der Waals surface area contributed by atoms with Gasteiger partial charge in [-0.15, -0.1) is 0 Å². The molecule has 0 unspecified atom stereocenters. The van der Waals surface area contributed by atoms with Crippen molar-refractivity contribution >= 4 is 21.9 Å². The highest BCUT2D eigenvalue weighted by atomic mass is 19.1. The monoisotopic (exact) mass is 366 g/mol. The van der Waals surface area contributed by atoms with Crippen LogP contribution in [0.3, 0.4) is 0 Å². The fourth-order valence-electron chi connectivity index (χ4n) is 3.71. The summed E-state index contributed by atoms with van der Waals surface area (Å²) in [4.78, 5) is 0. The van der Waals surface area contributed by atoms with Crippen LogP contribution < -0.4 is 4.57 Å². The summed E-state index contributed by atoms with van der Waals surface area (Å²) in [6.07, 6.45) is 2.10. The number of pyridine rings is 1. The van der Waals surface area contributed by atoms with E-state index in [1.54, 1.807) is 6.92 Å². The molecule has 0 fully saturated rings. The maximum Gasteiger partial charge on any atom is 0.216 e. The second kappa shape index (κ2) is 6.15. The average molecular weight is 366 g/mol. The maximum absolute atomic E-state index is 14.5. The molecule has 0 amide bonds. The molecule has 0 radical (unpaired) electrons. The van der Waals surface area contributed by atoms with Crippen molar-refractivity contribution < 1.29 is 17.8 Å². The Morgan fingerprint density at radius 1 is 0.963 bits per heavy atom. The molecule has 0 atom stereocenters. The number of hydrogen-bond acceptors (Lipinski definition) is 1. The summed E-state index contributed by atoms with van der Waals surface area (Å²) in [5.41, 5.74) is 5.32. The molecule has 4 rings (SSSR count). The van der Waals surface area contributed by atoms with E-state index in [1.165, 1.54) is 5.56 Å². The highest BCUT2D eigenvalue weighted by molar-refractivity contribution is 6.10. The molecule has 0 aliphatic rings. The smallest absolute Gasteiger partial charge is 0.216 e. The van der Waals surface area contributed by atoms with Crippen LogP contribution in [-0.4, -0.2) is 0 Å². The molecule has 4 heteroatoms. The van der Waals surface area contributed by atoms with E-state index in [4.69, 9.17) is 4.42 Å². The van der Waals surface area contributed by atoms with Gasteiger partial charge in [-0.25, -0.2) is 13.3 Å². The Balaban J connectivity index is 2.10. The zero-order valence-electron chi connectivity index (χ0n) is 16.2. The van der Waals surface area contributed by atoms with Crippen LogP contribution in [-0.2, 0) is 7.05 Å². The molecule has 0 spiro atoms. The fraction of sp³-hybridized carbons (Fsp3) is 0.261. The summed E-state index contributed by atoms with van der Waals surface area (Å²) in [7, 11) is 1.99. The van der Waals surface area contributed by atoms with E-state index in [-0.39, 0.29) is 5.58 Å². The van der Waals surface area contributed by atoms with E-state index in [1.807, 2.05) is 26.1 Å². The lowest BCUT2D eigenvalue weighted by Crippen LogP contribution is -2.31. The van der Waals surface area contributed by atoms with E-state index in [9.17, 15) is 8.78 Å². The average Bonchev–Trinajstić information content (AvgIpc) is 3.00. The van der Waals surface area contributed by atoms with E-state index in [2.05, 4.69) is 36.7 Å². The molecule has 2 aromatic carbocycles. The van der Waals surface area contributed by atoms with Crippen molar-refractivity contribution in [2.75, 3.05) is 0 Å². The Hall–Kier alpha value is -2.75. The molecule has 27 heavy (non-hydrogen) atoms. The van der Waals surface area contributed by atoms with E-state index in [0.717, 1.165) is 22.9 Å². The molecule has 2 nitrogen and oxygen atoms in total. The number of rotatable bonds is 2. The highest BCUT2D eigenvalue weighted by Crippen LogP contribution is 2.39. The van der Waals surface area contributed by atoms with E-state index < -0.39 is 11.6 Å². The summed E-state index contributed by atoms with van der Waals surface area (Å²) in [5, 5.41) is 1.01. The Morgan fingerprint density at radius 3 is 2.37 bits per heavy atom. The van der Waals surface area contributed by atoms with Crippen molar-refractivity contribution in [2.24, 2.45) is 7.05 Å². The van der Waals surface area contributed by atoms with Crippen LogP contribution in [0.4, 0.5) is 8.78 Å². The summed E-state index contributed by atoms with van der Waals surface area (Å²) in [5.74, 6) is -0.765. The molecule has 4 aromatic rings. The number of furan rings is 1. The molecule has 0 bridgehead atoms. The van der Waals surface area contributed by atoms with Crippen molar-refractivity contribution in [1.29, 1.82) is 0 Å². The molecule has 0 N–H and O–H groups in total. The number of benzene rings is 2. The van der Waals surface area contributed by atoms with Gasteiger partial charge in [0, 0.05) is 28.6 Å². The van der Waals surface area contributed by atoms with Gasteiger partial charge in [0.25, 0.3) is 0 Å². The molecule has 0 aliphatic carbocycles. The molecule has 0 saturated heterocycles. The summed E-state index contributed by atoms with van der Waals surface area (Å²) in [6, 6.07) is 8.91. The molecular weight excluding hydrogens is 344 g/mol. The number of aryl methyl sites for hydroxylation is 3. The predicted octanol–water partition coefficient (Wildman–Crippen LogP) is 6.10. The summed E-state index contributed by atoms with van der Waals surface area (Å²) in [6.45, 7) is 7.92. The molecule has 0 saturated carbocycles. The van der Waals surface area contributed by atoms with Crippen molar-refractivity contribution in [3.63, 3.8) is 0 Å². The van der Waals surface area contributed by atoms with Gasteiger partial charge in [-0.2, -0.15) is 0 Å². The van der Waals surface area contributed by atoms with Crippen LogP contribution in [0.15, 0.2) is 40.9 Å². The second-order valence-corrected chi connectivity index (χ2v) is 7.52. The quantitative estimate of drug-likeness (QED) is 0.392. The van der Waals surface area contributed by atoms with Crippen LogP contribution in [0.25, 0.3) is 33.2 Å². The minimum absolute atomic E-state index is 0.274. The lowest BCUT2D eigenvalue weighted by atomic mass is 9.98. The van der Waals surface area contributed by atoms with Crippen LogP contribution >= 0.6 is 0 Å². The van der Waals surface area contributed by atoms with Crippen molar-refractivity contribution in [1.82, 2.24) is 0 Å². The van der Waals surface area contributed by atoms with Crippen LogP contribution in [0.5, 0.6) is 0 Å². The number of nitrogens with zero attached hydrogens (tertiary/aromatic N) is 1. The fourth-order valence-corrected chi connectivity index (χ4v) is 3.71. The topological polar surface area (TPSA) is 17.0 Å². The zero-order valence-corrected chi connectivity index (χ0v) is 16.2. The van der Waals surface area contributed by atoms with Crippen molar-refractivity contribution in [2.45, 2.75) is 33.6 Å². The SMILES string of the molecule is Cc1ccc2c(oc3c(C)c(F)cc(F)c32)c1-c1ccc(C(C)C)c[n+]1C. The van der Waals surface area contributed by atoms with Gasteiger partial charge in [0.2, 0.25) is 5.69 Å². The Kier molecular flexibility index (Phi) is 4.02. The molecular formula is C23H22F2NO+. The first-order chi connectivity index (χ1) is 12.8. The standard InChI is InChI=1S/C23H22F2NO/c1-12(2)15-7-9-19(26(5)11-15)20-13(3)6-8-16-21-18(25)10-17(24)14(4)22(21)27-23(16)20/h6-12H,1-5H3/q+1. The summed E-state index contributed by atoms with van der Waals surface area (Å²) >= 11 is 0. The first kappa shape index (κ1) is 17.7. The molecule has 2 aromatic heterocycles. The lowest BCUT2D eigenvalue weighted by molar-refractivity contribution is -0.660. The largest absolute Gasteiger partial charge is 0.455 e. The van der Waals surface area contributed by atoms with Crippen molar-refractivity contribution in [3.05, 3.63) is 64.9 Å². The molecule has 2 heterocycles. The van der Waals surface area contributed by atoms with Gasteiger partial charge < -0.3 is 4.42 Å². The van der Waals surface area contributed by atoms with Gasteiger partial charge >= 0.3 is 0 Å². The highest BCUT2D eigenvalue weighted by Gasteiger charge is 2.24. The van der Waals surface area contributed by atoms with Crippen molar-refractivity contribution in [3.8, 4) is 11.3 Å². The van der Waals surface area contributed by atoms with Gasteiger partial charge in [-0.05, 0) is 31.4 Å². The van der Waals surface area contributed by atoms with Crippen LogP contribution in [0.2, 0.25) is 0 Å². The summed E-state index contributed by atoms with van der Waals surface area (Å²) < 4.78 is 36.7. The third kappa shape index (κ3) is 2.62. The Bertz CT molecular complexity index is 1200. The Labute approximate surface area is 157 Å². The van der Waals surface area contributed by atoms with Gasteiger partial charge in [0.15, 0.2) is 6.20 Å². The molecule has 0 aliphatic heterocycles. The van der Waals surface area contributed by atoms with Crippen LogP contribution in [0.1, 0.15) is 36.5 Å². The first-order valence-corrected chi connectivity index (χ1v) is 9.10. The number of halogens is 2. The normalized spacial score (nSPS) is 11.9. The van der Waals surface area contributed by atoms with E-state index >= 15 is 0 Å². The third-order valence-corrected chi connectivity index (χ3v) is 5.34. The molecule has 138 valence electrons. The number of fused-ring (bicyclic) bond motifs is 3. The minimum Gasteiger partial charge on any atom is -0.455 e. The van der Waals surface area contributed by atoms with Gasteiger partial charge in [0.1, 0.15) is 29.8 Å². The first-order valence-electron chi connectivity index (χ1n) is 9.10. The van der Waals surface area contributed by atoms with Gasteiger partial charge in [-0.3, -0.25) is 0 Å². The lowest BCUT2D eigenvalue weighted by Gasteiger charge is -2.08.